The van der Waals surface area contributed by atoms with E-state index in [2.05, 4.69) is 16.0 Å². The summed E-state index contributed by atoms with van der Waals surface area (Å²) in [5, 5.41) is 9.20. The number of carbonyl (C=O) groups excluding carboxylic acids is 2. The molecule has 0 saturated carbocycles. The molecule has 0 radical (unpaired) electrons. The van der Waals surface area contributed by atoms with Crippen LogP contribution in [-0.2, 0) is 4.79 Å². The molecule has 3 N–H and O–H groups in total. The molecule has 0 aliphatic heterocycles. The number of para-hydroxylation sites is 1. The van der Waals surface area contributed by atoms with Gasteiger partial charge in [-0.05, 0) is 42.8 Å². The number of hydrogen-bond acceptors (Lipinski definition) is 3. The minimum absolute atomic E-state index is 0.107. The van der Waals surface area contributed by atoms with Crippen LogP contribution in [0.1, 0.15) is 23.7 Å². The predicted molar refractivity (Wildman–Crippen MR) is 97.6 cm³/mol. The largest absolute Gasteiger partial charge is 0.376 e. The predicted octanol–water partition coefficient (Wildman–Crippen LogP) is 3.53. The molecule has 5 nitrogen and oxygen atoms in total. The molecular weight excluding hydrogens is 326 g/mol. The summed E-state index contributed by atoms with van der Waals surface area (Å²) in [5.41, 5.74) is 1.73. The maximum Gasteiger partial charge on any atom is 0.257 e. The van der Waals surface area contributed by atoms with Gasteiger partial charge in [0.15, 0.2) is 0 Å². The van der Waals surface area contributed by atoms with Crippen LogP contribution in [0.2, 0.25) is 5.02 Å². The van der Waals surface area contributed by atoms with Crippen molar-refractivity contribution in [1.29, 1.82) is 0 Å². The normalized spacial score (nSPS) is 10.1. The van der Waals surface area contributed by atoms with Crippen molar-refractivity contribution in [2.75, 3.05) is 23.7 Å². The summed E-state index contributed by atoms with van der Waals surface area (Å²) in [6, 6.07) is 13.9. The Bertz CT molecular complexity index is 702. The van der Waals surface area contributed by atoms with Gasteiger partial charge in [0.2, 0.25) is 5.91 Å². The standard InChI is InChI=1S/C18H20ClN3O2/c1-2-11-20-17(23)12-21-16-6-4-3-5-15(16)18(24)22-14-9-7-13(19)8-10-14/h3-10,21H,2,11-12H2,1H3,(H,20,23)(H,22,24). The Hall–Kier alpha value is -2.53. The number of rotatable bonds is 7. The SMILES string of the molecule is CCCNC(=O)CNc1ccccc1C(=O)Nc1ccc(Cl)cc1. The van der Waals surface area contributed by atoms with Gasteiger partial charge < -0.3 is 16.0 Å². The van der Waals surface area contributed by atoms with Crippen molar-refractivity contribution < 1.29 is 9.59 Å². The first-order valence-electron chi connectivity index (χ1n) is 7.76. The van der Waals surface area contributed by atoms with Gasteiger partial charge in [0.1, 0.15) is 0 Å². The van der Waals surface area contributed by atoms with Gasteiger partial charge >= 0.3 is 0 Å². The Balaban J connectivity index is 2.03. The zero-order valence-electron chi connectivity index (χ0n) is 13.4. The molecule has 2 amide bonds. The van der Waals surface area contributed by atoms with Gasteiger partial charge in [-0.15, -0.1) is 0 Å². The minimum atomic E-state index is -0.255. The number of anilines is 2. The summed E-state index contributed by atoms with van der Waals surface area (Å²) < 4.78 is 0. The molecule has 0 aliphatic rings. The Kier molecular flexibility index (Phi) is 6.63. The number of carbonyl (C=O) groups is 2. The van der Waals surface area contributed by atoms with Crippen LogP contribution in [0.3, 0.4) is 0 Å². The molecule has 0 saturated heterocycles. The summed E-state index contributed by atoms with van der Waals surface area (Å²) in [5.74, 6) is -0.362. The lowest BCUT2D eigenvalue weighted by Crippen LogP contribution is -2.30. The van der Waals surface area contributed by atoms with E-state index in [1.54, 1.807) is 42.5 Å². The molecule has 2 rings (SSSR count). The fraction of sp³-hybridized carbons (Fsp3) is 0.222. The maximum atomic E-state index is 12.5. The molecule has 0 fully saturated rings. The third kappa shape index (κ3) is 5.28. The van der Waals surface area contributed by atoms with Crippen molar-refractivity contribution in [1.82, 2.24) is 5.32 Å². The second-order valence-corrected chi connectivity index (χ2v) is 5.65. The molecule has 6 heteroatoms. The second-order valence-electron chi connectivity index (χ2n) is 5.21. The Morgan fingerprint density at radius 1 is 1.04 bits per heavy atom. The lowest BCUT2D eigenvalue weighted by atomic mass is 10.1. The molecule has 0 aliphatic carbocycles. The van der Waals surface area contributed by atoms with E-state index in [4.69, 9.17) is 11.6 Å². The van der Waals surface area contributed by atoms with E-state index < -0.39 is 0 Å². The van der Waals surface area contributed by atoms with Crippen LogP contribution < -0.4 is 16.0 Å². The monoisotopic (exact) mass is 345 g/mol. The summed E-state index contributed by atoms with van der Waals surface area (Å²) >= 11 is 5.84. The van der Waals surface area contributed by atoms with Gasteiger partial charge in [-0.1, -0.05) is 30.7 Å². The maximum absolute atomic E-state index is 12.5. The molecule has 24 heavy (non-hydrogen) atoms. The van der Waals surface area contributed by atoms with Crippen molar-refractivity contribution in [3.8, 4) is 0 Å². The number of benzene rings is 2. The highest BCUT2D eigenvalue weighted by Crippen LogP contribution is 2.18. The first-order chi connectivity index (χ1) is 11.6. The van der Waals surface area contributed by atoms with Crippen molar-refractivity contribution in [2.45, 2.75) is 13.3 Å². The van der Waals surface area contributed by atoms with Gasteiger partial charge in [-0.2, -0.15) is 0 Å². The Morgan fingerprint density at radius 3 is 2.46 bits per heavy atom. The van der Waals surface area contributed by atoms with Gasteiger partial charge in [0.05, 0.1) is 12.1 Å². The average molecular weight is 346 g/mol. The van der Waals surface area contributed by atoms with Gasteiger partial charge in [0.25, 0.3) is 5.91 Å². The molecular formula is C18H20ClN3O2. The Morgan fingerprint density at radius 2 is 1.75 bits per heavy atom. The van der Waals surface area contributed by atoms with E-state index in [1.807, 2.05) is 13.0 Å². The molecule has 0 atom stereocenters. The number of halogens is 1. The summed E-state index contributed by atoms with van der Waals surface area (Å²) in [6.45, 7) is 2.74. The highest BCUT2D eigenvalue weighted by atomic mass is 35.5. The second kappa shape index (κ2) is 8.93. The zero-order valence-corrected chi connectivity index (χ0v) is 14.2. The molecule has 0 spiro atoms. The molecule has 2 aromatic rings. The van der Waals surface area contributed by atoms with E-state index in [1.165, 1.54) is 0 Å². The third-order valence-electron chi connectivity index (χ3n) is 3.29. The fourth-order valence-corrected chi connectivity index (χ4v) is 2.20. The summed E-state index contributed by atoms with van der Waals surface area (Å²) in [6.07, 6.45) is 0.881. The van der Waals surface area contributed by atoms with E-state index >= 15 is 0 Å². The van der Waals surface area contributed by atoms with Crippen LogP contribution in [0.5, 0.6) is 0 Å². The third-order valence-corrected chi connectivity index (χ3v) is 3.54. The summed E-state index contributed by atoms with van der Waals surface area (Å²) in [4.78, 5) is 24.1. The lowest BCUT2D eigenvalue weighted by Gasteiger charge is -2.12. The molecule has 2 aromatic carbocycles. The minimum Gasteiger partial charge on any atom is -0.376 e. The molecule has 0 aromatic heterocycles. The van der Waals surface area contributed by atoms with Gasteiger partial charge in [-0.25, -0.2) is 0 Å². The zero-order chi connectivity index (χ0) is 17.4. The first-order valence-corrected chi connectivity index (χ1v) is 8.14. The van der Waals surface area contributed by atoms with E-state index in [9.17, 15) is 9.59 Å². The van der Waals surface area contributed by atoms with E-state index in [0.717, 1.165) is 6.42 Å². The van der Waals surface area contributed by atoms with Crippen LogP contribution in [0.25, 0.3) is 0 Å². The van der Waals surface area contributed by atoms with Crippen molar-refractivity contribution >= 4 is 34.8 Å². The molecule has 0 unspecified atom stereocenters. The van der Waals surface area contributed by atoms with Crippen molar-refractivity contribution in [3.63, 3.8) is 0 Å². The smallest absolute Gasteiger partial charge is 0.257 e. The van der Waals surface area contributed by atoms with Crippen molar-refractivity contribution in [3.05, 3.63) is 59.1 Å². The van der Waals surface area contributed by atoms with Crippen LogP contribution in [-0.4, -0.2) is 24.9 Å². The van der Waals surface area contributed by atoms with E-state index in [-0.39, 0.29) is 18.4 Å². The van der Waals surface area contributed by atoms with Gasteiger partial charge in [0, 0.05) is 22.9 Å². The number of amides is 2. The molecule has 0 heterocycles. The number of nitrogens with one attached hydrogen (secondary N) is 3. The quantitative estimate of drug-likeness (QED) is 0.719. The van der Waals surface area contributed by atoms with Crippen LogP contribution >= 0.6 is 11.6 Å². The number of hydrogen-bond donors (Lipinski definition) is 3. The van der Waals surface area contributed by atoms with Gasteiger partial charge in [-0.3, -0.25) is 9.59 Å². The molecule has 0 bridgehead atoms. The highest BCUT2D eigenvalue weighted by Gasteiger charge is 2.12. The van der Waals surface area contributed by atoms with E-state index in [0.29, 0.717) is 28.5 Å². The van der Waals surface area contributed by atoms with Crippen LogP contribution in [0.15, 0.2) is 48.5 Å². The topological polar surface area (TPSA) is 70.2 Å². The Labute approximate surface area is 146 Å². The lowest BCUT2D eigenvalue weighted by molar-refractivity contribution is -0.119. The van der Waals surface area contributed by atoms with Crippen LogP contribution in [0.4, 0.5) is 11.4 Å². The fourth-order valence-electron chi connectivity index (χ4n) is 2.07. The van der Waals surface area contributed by atoms with Crippen molar-refractivity contribution in [2.24, 2.45) is 0 Å². The summed E-state index contributed by atoms with van der Waals surface area (Å²) in [7, 11) is 0. The first kappa shape index (κ1) is 17.8. The highest BCUT2D eigenvalue weighted by molar-refractivity contribution is 6.30. The average Bonchev–Trinajstić information content (AvgIpc) is 2.60. The molecule has 126 valence electrons. The van der Waals surface area contributed by atoms with Crippen LogP contribution in [0, 0.1) is 0 Å².